The minimum Gasteiger partial charge on any atom is -0.467 e. The van der Waals surface area contributed by atoms with E-state index in [0.29, 0.717) is 9.86 Å². The van der Waals surface area contributed by atoms with Crippen LogP contribution in [0.3, 0.4) is 0 Å². The molecule has 0 bridgehead atoms. The number of rotatable bonds is 2. The van der Waals surface area contributed by atoms with E-state index >= 15 is 0 Å². The summed E-state index contributed by atoms with van der Waals surface area (Å²) in [6.45, 7) is 3.42. The van der Waals surface area contributed by atoms with E-state index in [1.165, 1.54) is 7.11 Å². The second-order valence-electron chi connectivity index (χ2n) is 4.53. The minimum absolute atomic E-state index is 0.183. The predicted molar refractivity (Wildman–Crippen MR) is 78.8 cm³/mol. The second-order valence-corrected chi connectivity index (χ2v) is 5.38. The van der Waals surface area contributed by atoms with Crippen LogP contribution in [0.25, 0.3) is 10.9 Å². The number of ether oxygens (including phenoxy) is 1. The van der Waals surface area contributed by atoms with E-state index in [9.17, 15) is 4.39 Å². The first-order chi connectivity index (χ1) is 9.70. The molecule has 0 unspecified atom stereocenters. The standard InChI is InChI=1S/C13H14BrFN4O/c1-20-13-17-11-8(2-3-9(14)10(11)15)12(18-13)19-6-4-16-5-7-19/h2-3,16H,4-7H2,1H3. The Morgan fingerprint density at radius 1 is 1.30 bits per heavy atom. The number of hydrogen-bond donors (Lipinski definition) is 1. The van der Waals surface area contributed by atoms with Gasteiger partial charge in [-0.2, -0.15) is 9.97 Å². The third-order valence-electron chi connectivity index (χ3n) is 3.32. The highest BCUT2D eigenvalue weighted by Gasteiger charge is 2.19. The highest BCUT2D eigenvalue weighted by molar-refractivity contribution is 9.10. The SMILES string of the molecule is COc1nc(N2CCNCC2)c2ccc(Br)c(F)c2n1. The number of aromatic nitrogens is 2. The van der Waals surface area contributed by atoms with Crippen molar-refractivity contribution in [3.63, 3.8) is 0 Å². The zero-order chi connectivity index (χ0) is 14.1. The lowest BCUT2D eigenvalue weighted by atomic mass is 10.2. The second kappa shape index (κ2) is 5.49. The van der Waals surface area contributed by atoms with E-state index in [1.54, 1.807) is 6.07 Å². The van der Waals surface area contributed by atoms with Crippen molar-refractivity contribution >= 4 is 32.7 Å². The lowest BCUT2D eigenvalue weighted by Gasteiger charge is -2.29. The van der Waals surface area contributed by atoms with Crippen LogP contribution in [-0.2, 0) is 0 Å². The smallest absolute Gasteiger partial charge is 0.318 e. The molecule has 106 valence electrons. The fourth-order valence-electron chi connectivity index (χ4n) is 2.31. The molecule has 0 atom stereocenters. The first-order valence-electron chi connectivity index (χ1n) is 6.36. The van der Waals surface area contributed by atoms with E-state index in [0.717, 1.165) is 32.0 Å². The summed E-state index contributed by atoms with van der Waals surface area (Å²) < 4.78 is 19.7. The first-order valence-corrected chi connectivity index (χ1v) is 7.15. The average molecular weight is 341 g/mol. The maximum absolute atomic E-state index is 14.2. The van der Waals surface area contributed by atoms with E-state index < -0.39 is 0 Å². The summed E-state index contributed by atoms with van der Waals surface area (Å²) in [6.07, 6.45) is 0. The highest BCUT2D eigenvalue weighted by Crippen LogP contribution is 2.31. The largest absolute Gasteiger partial charge is 0.467 e. The van der Waals surface area contributed by atoms with E-state index in [2.05, 4.69) is 36.1 Å². The maximum atomic E-state index is 14.2. The fourth-order valence-corrected chi connectivity index (χ4v) is 2.63. The third kappa shape index (κ3) is 2.31. The van der Waals surface area contributed by atoms with Crippen LogP contribution in [0.1, 0.15) is 0 Å². The van der Waals surface area contributed by atoms with Crippen molar-refractivity contribution in [2.45, 2.75) is 0 Å². The van der Waals surface area contributed by atoms with E-state index in [-0.39, 0.29) is 17.3 Å². The quantitative estimate of drug-likeness (QED) is 0.905. The Kier molecular flexibility index (Phi) is 3.71. The molecule has 1 N–H and O–H groups in total. The topological polar surface area (TPSA) is 50.3 Å². The summed E-state index contributed by atoms with van der Waals surface area (Å²) in [4.78, 5) is 10.6. The number of halogens is 2. The van der Waals surface area contributed by atoms with Crippen molar-refractivity contribution in [1.29, 1.82) is 0 Å². The van der Waals surface area contributed by atoms with Gasteiger partial charge in [0.15, 0.2) is 5.82 Å². The van der Waals surface area contributed by atoms with Gasteiger partial charge in [0.1, 0.15) is 11.3 Å². The molecule has 1 fully saturated rings. The number of fused-ring (bicyclic) bond motifs is 1. The van der Waals surface area contributed by atoms with Crippen molar-refractivity contribution in [3.05, 3.63) is 22.4 Å². The van der Waals surface area contributed by atoms with Gasteiger partial charge in [0, 0.05) is 31.6 Å². The molecule has 1 aromatic heterocycles. The molecule has 20 heavy (non-hydrogen) atoms. The predicted octanol–water partition coefficient (Wildman–Crippen LogP) is 1.95. The fraction of sp³-hybridized carbons (Fsp3) is 0.385. The maximum Gasteiger partial charge on any atom is 0.318 e. The Hall–Kier alpha value is -1.47. The van der Waals surface area contributed by atoms with Crippen LogP contribution < -0.4 is 15.0 Å². The molecule has 1 aliphatic rings. The van der Waals surface area contributed by atoms with Crippen LogP contribution in [0.15, 0.2) is 16.6 Å². The van der Waals surface area contributed by atoms with Crippen molar-refractivity contribution in [1.82, 2.24) is 15.3 Å². The van der Waals surface area contributed by atoms with Crippen LogP contribution in [0.4, 0.5) is 10.2 Å². The monoisotopic (exact) mass is 340 g/mol. The molecule has 1 aliphatic heterocycles. The van der Waals surface area contributed by atoms with Gasteiger partial charge in [0.05, 0.1) is 11.6 Å². The molecule has 5 nitrogen and oxygen atoms in total. The molecule has 0 radical (unpaired) electrons. The Morgan fingerprint density at radius 2 is 2.05 bits per heavy atom. The lowest BCUT2D eigenvalue weighted by Crippen LogP contribution is -2.44. The van der Waals surface area contributed by atoms with Crippen LogP contribution in [-0.4, -0.2) is 43.3 Å². The number of methoxy groups -OCH3 is 1. The van der Waals surface area contributed by atoms with Gasteiger partial charge in [-0.15, -0.1) is 0 Å². The van der Waals surface area contributed by atoms with Gasteiger partial charge in [-0.1, -0.05) is 0 Å². The Bertz CT molecular complexity index is 646. The Morgan fingerprint density at radius 3 is 2.75 bits per heavy atom. The number of piperazine rings is 1. The summed E-state index contributed by atoms with van der Waals surface area (Å²) >= 11 is 3.18. The number of anilines is 1. The van der Waals surface area contributed by atoms with Crippen molar-refractivity contribution in [2.24, 2.45) is 0 Å². The minimum atomic E-state index is -0.389. The zero-order valence-corrected chi connectivity index (χ0v) is 12.6. The third-order valence-corrected chi connectivity index (χ3v) is 3.93. The van der Waals surface area contributed by atoms with Crippen LogP contribution in [0.2, 0.25) is 0 Å². The molecular formula is C13H14BrFN4O. The van der Waals surface area contributed by atoms with Crippen LogP contribution in [0.5, 0.6) is 6.01 Å². The summed E-state index contributed by atoms with van der Waals surface area (Å²) in [5.41, 5.74) is 0.278. The van der Waals surface area contributed by atoms with Crippen LogP contribution in [0, 0.1) is 5.82 Å². The number of nitrogens with zero attached hydrogens (tertiary/aromatic N) is 3. The highest BCUT2D eigenvalue weighted by atomic mass is 79.9. The zero-order valence-electron chi connectivity index (χ0n) is 11.0. The molecule has 1 aromatic carbocycles. The van der Waals surface area contributed by atoms with Crippen molar-refractivity contribution in [2.75, 3.05) is 38.2 Å². The lowest BCUT2D eigenvalue weighted by molar-refractivity contribution is 0.381. The van der Waals surface area contributed by atoms with Crippen LogP contribution >= 0.6 is 15.9 Å². The van der Waals surface area contributed by atoms with Gasteiger partial charge in [0.2, 0.25) is 0 Å². The normalized spacial score (nSPS) is 15.7. The van der Waals surface area contributed by atoms with Gasteiger partial charge in [-0.3, -0.25) is 0 Å². The molecule has 0 spiro atoms. The molecule has 0 amide bonds. The van der Waals surface area contributed by atoms with Gasteiger partial charge in [-0.05, 0) is 28.1 Å². The molecule has 2 aromatic rings. The van der Waals surface area contributed by atoms with Crippen molar-refractivity contribution in [3.8, 4) is 6.01 Å². The van der Waals surface area contributed by atoms with Crippen molar-refractivity contribution < 1.29 is 9.13 Å². The summed E-state index contributed by atoms with van der Waals surface area (Å²) in [5.74, 6) is 0.333. The summed E-state index contributed by atoms with van der Waals surface area (Å²) in [7, 11) is 1.48. The Labute approximate surface area is 124 Å². The van der Waals surface area contributed by atoms with Gasteiger partial charge >= 0.3 is 6.01 Å². The number of benzene rings is 1. The Balaban J connectivity index is 2.21. The number of nitrogens with one attached hydrogen (secondary N) is 1. The molecule has 0 aliphatic carbocycles. The molecule has 3 rings (SSSR count). The molecule has 0 saturated carbocycles. The van der Waals surface area contributed by atoms with E-state index in [4.69, 9.17) is 4.74 Å². The molecule has 1 saturated heterocycles. The van der Waals surface area contributed by atoms with Gasteiger partial charge < -0.3 is 15.0 Å². The van der Waals surface area contributed by atoms with E-state index in [1.807, 2.05) is 6.07 Å². The van der Waals surface area contributed by atoms with Gasteiger partial charge in [0.25, 0.3) is 0 Å². The summed E-state index contributed by atoms with van der Waals surface area (Å²) in [6, 6.07) is 3.70. The first kappa shape index (κ1) is 13.5. The van der Waals surface area contributed by atoms with Gasteiger partial charge in [-0.25, -0.2) is 4.39 Å². The molecule has 2 heterocycles. The number of hydrogen-bond acceptors (Lipinski definition) is 5. The summed E-state index contributed by atoms with van der Waals surface area (Å²) in [5, 5.41) is 3.99. The molecule has 7 heteroatoms. The molecular weight excluding hydrogens is 327 g/mol. The average Bonchev–Trinajstić information content (AvgIpc) is 2.51.